The van der Waals surface area contributed by atoms with E-state index in [1.165, 1.54) is 44.6 Å². The quantitative estimate of drug-likeness (QED) is 0.210. The van der Waals surface area contributed by atoms with E-state index in [1.54, 1.807) is 58.0 Å². The number of hydrogen-bond acceptors (Lipinski definition) is 15. The van der Waals surface area contributed by atoms with Crippen molar-refractivity contribution in [1.29, 1.82) is 0 Å². The monoisotopic (exact) mass is 826 g/mol. The van der Waals surface area contributed by atoms with Crippen LogP contribution in [0.5, 0.6) is 0 Å². The number of methoxy groups -OCH3 is 2. The molecular formula is C39H54O15S2. The Morgan fingerprint density at radius 2 is 1.04 bits per heavy atom. The first-order valence-corrected chi connectivity index (χ1v) is 20.9. The zero-order valence-electron chi connectivity index (χ0n) is 33.2. The molecule has 4 saturated heterocycles. The van der Waals surface area contributed by atoms with Crippen LogP contribution in [0.4, 0.5) is 0 Å². The average Bonchev–Trinajstić information content (AvgIpc) is 3.80. The van der Waals surface area contributed by atoms with E-state index in [0.29, 0.717) is 0 Å². The van der Waals surface area contributed by atoms with Gasteiger partial charge in [-0.15, -0.1) is 13.2 Å². The molecule has 0 radical (unpaired) electrons. The largest absolute Gasteiger partial charge is 0.386 e. The summed E-state index contributed by atoms with van der Waals surface area (Å²) in [7, 11) is -5.11. The molecule has 0 saturated carbocycles. The Labute approximate surface area is 330 Å². The lowest BCUT2D eigenvalue weighted by Crippen LogP contribution is -2.57. The summed E-state index contributed by atoms with van der Waals surface area (Å²) in [6.45, 7) is 19.3. The van der Waals surface area contributed by atoms with Crippen molar-refractivity contribution < 1.29 is 68.2 Å². The summed E-state index contributed by atoms with van der Waals surface area (Å²) < 4.78 is 108. The first-order chi connectivity index (χ1) is 26.1. The molecule has 1 N–H and O–H groups in total. The zero-order valence-corrected chi connectivity index (χ0v) is 34.8. The van der Waals surface area contributed by atoms with Gasteiger partial charge in [0.25, 0.3) is 20.2 Å². The lowest BCUT2D eigenvalue weighted by Gasteiger charge is -2.38. The highest BCUT2D eigenvalue weighted by Gasteiger charge is 2.66. The molecule has 4 aliphatic rings. The van der Waals surface area contributed by atoms with E-state index < -0.39 is 92.7 Å². The third kappa shape index (κ3) is 8.85. The first-order valence-electron chi connectivity index (χ1n) is 18.1. The van der Waals surface area contributed by atoms with E-state index in [-0.39, 0.29) is 22.3 Å². The molecule has 2 aromatic rings. The van der Waals surface area contributed by atoms with Crippen molar-refractivity contribution in [3.05, 3.63) is 85.0 Å². The molecule has 56 heavy (non-hydrogen) atoms. The number of aliphatic hydroxyl groups is 1. The van der Waals surface area contributed by atoms with Crippen LogP contribution in [-0.4, -0.2) is 115 Å². The van der Waals surface area contributed by atoms with Gasteiger partial charge in [-0.25, -0.2) is 0 Å². The van der Waals surface area contributed by atoms with E-state index in [4.69, 9.17) is 46.3 Å². The van der Waals surface area contributed by atoms with Crippen molar-refractivity contribution in [1.82, 2.24) is 0 Å². The van der Waals surface area contributed by atoms with Crippen LogP contribution in [0, 0.1) is 19.8 Å². The highest BCUT2D eigenvalue weighted by atomic mass is 32.2. The van der Waals surface area contributed by atoms with Crippen LogP contribution in [0.25, 0.3) is 0 Å². The number of rotatable bonds is 14. The number of benzene rings is 2. The van der Waals surface area contributed by atoms with E-state index in [0.717, 1.165) is 11.1 Å². The molecule has 2 aromatic carbocycles. The van der Waals surface area contributed by atoms with Gasteiger partial charge in [0.2, 0.25) is 0 Å². The van der Waals surface area contributed by atoms with Crippen molar-refractivity contribution in [2.24, 2.45) is 5.92 Å². The van der Waals surface area contributed by atoms with Crippen molar-refractivity contribution in [2.45, 2.75) is 124 Å². The minimum atomic E-state index is -4.09. The second kappa shape index (κ2) is 16.6. The third-order valence-corrected chi connectivity index (χ3v) is 12.8. The second-order valence-corrected chi connectivity index (χ2v) is 18.4. The fourth-order valence-corrected chi connectivity index (χ4v) is 9.12. The van der Waals surface area contributed by atoms with Gasteiger partial charge in [0.1, 0.15) is 42.7 Å². The van der Waals surface area contributed by atoms with Crippen molar-refractivity contribution in [2.75, 3.05) is 27.4 Å². The Morgan fingerprint density at radius 1 is 0.661 bits per heavy atom. The van der Waals surface area contributed by atoms with Gasteiger partial charge in [0.05, 0.1) is 16.4 Å². The normalized spacial score (nSPS) is 32.8. The molecule has 312 valence electrons. The van der Waals surface area contributed by atoms with Gasteiger partial charge in [-0.05, 0) is 65.8 Å². The van der Waals surface area contributed by atoms with E-state index >= 15 is 0 Å². The average molecular weight is 827 g/mol. The minimum absolute atomic E-state index is 0.00198. The van der Waals surface area contributed by atoms with Crippen LogP contribution in [0.15, 0.2) is 83.6 Å². The van der Waals surface area contributed by atoms with Crippen LogP contribution in [0.2, 0.25) is 0 Å². The Bertz CT molecular complexity index is 1780. The van der Waals surface area contributed by atoms with Crippen LogP contribution < -0.4 is 0 Å². The molecule has 17 heteroatoms. The molecule has 10 atom stereocenters. The summed E-state index contributed by atoms with van der Waals surface area (Å²) in [5, 5.41) is 10.6. The van der Waals surface area contributed by atoms with Crippen LogP contribution in [0.1, 0.15) is 45.7 Å². The van der Waals surface area contributed by atoms with Crippen LogP contribution >= 0.6 is 0 Å². The number of aryl methyl sites for hydroxylation is 2. The van der Waals surface area contributed by atoms with Gasteiger partial charge in [-0.3, -0.25) is 8.37 Å². The van der Waals surface area contributed by atoms with Crippen molar-refractivity contribution in [3.63, 3.8) is 0 Å². The van der Waals surface area contributed by atoms with Crippen molar-refractivity contribution in [3.8, 4) is 0 Å². The van der Waals surface area contributed by atoms with Crippen LogP contribution in [-0.2, 0) is 66.5 Å². The number of ether oxygens (including phenoxy) is 8. The second-order valence-electron chi connectivity index (χ2n) is 15.2. The molecule has 0 unspecified atom stereocenters. The predicted molar refractivity (Wildman–Crippen MR) is 201 cm³/mol. The SMILES string of the molecule is C=C[C@H](C)[C@@]1(COS(=O)(=O)c2ccc(C)cc2)O[C@@H]2OC(C)(C)O[C@@H]2[C@@H]1OC.C=C[C@H](O)[C@@]1(COS(=O)(=O)c2ccc(C)cc2)O[C@@H]2OC(C)(C)O[C@@H]2[C@@H]1OC. The van der Waals surface area contributed by atoms with E-state index in [2.05, 4.69) is 13.2 Å². The molecule has 6 rings (SSSR count). The van der Waals surface area contributed by atoms with Gasteiger partial charge in [-0.2, -0.15) is 16.8 Å². The summed E-state index contributed by atoms with van der Waals surface area (Å²) in [6, 6.07) is 12.7. The summed E-state index contributed by atoms with van der Waals surface area (Å²) in [4.78, 5) is 0.0856. The third-order valence-electron chi connectivity index (χ3n) is 10.3. The summed E-state index contributed by atoms with van der Waals surface area (Å²) >= 11 is 0. The maximum absolute atomic E-state index is 12.7. The number of fused-ring (bicyclic) bond motifs is 2. The zero-order chi connectivity index (χ0) is 41.5. The first kappa shape index (κ1) is 44.5. The lowest BCUT2D eigenvalue weighted by molar-refractivity contribution is -0.261. The molecule has 0 spiro atoms. The van der Waals surface area contributed by atoms with Gasteiger partial charge < -0.3 is 43.0 Å². The molecule has 0 aromatic heterocycles. The summed E-state index contributed by atoms with van der Waals surface area (Å²) in [6.07, 6.45) is -2.52. The van der Waals surface area contributed by atoms with E-state index in [1.807, 2.05) is 20.8 Å². The lowest BCUT2D eigenvalue weighted by atomic mass is 9.83. The Balaban J connectivity index is 0.000000214. The van der Waals surface area contributed by atoms with Gasteiger partial charge in [-0.1, -0.05) is 54.5 Å². The number of hydrogen-bond donors (Lipinski definition) is 1. The van der Waals surface area contributed by atoms with E-state index in [9.17, 15) is 21.9 Å². The fourth-order valence-electron chi connectivity index (χ4n) is 7.23. The smallest absolute Gasteiger partial charge is 0.297 e. The molecule has 4 aliphatic heterocycles. The van der Waals surface area contributed by atoms with Gasteiger partial charge >= 0.3 is 0 Å². The van der Waals surface area contributed by atoms with Gasteiger partial charge in [0.15, 0.2) is 29.8 Å². The van der Waals surface area contributed by atoms with Gasteiger partial charge in [0, 0.05) is 20.1 Å². The molecule has 4 fully saturated rings. The topological polar surface area (TPSA) is 181 Å². The fraction of sp³-hybridized carbons (Fsp3) is 0.590. The maximum Gasteiger partial charge on any atom is 0.297 e. The van der Waals surface area contributed by atoms with Crippen LogP contribution in [0.3, 0.4) is 0 Å². The molecule has 0 aliphatic carbocycles. The maximum atomic E-state index is 12.7. The highest BCUT2D eigenvalue weighted by molar-refractivity contribution is 7.87. The number of aliphatic hydroxyl groups excluding tert-OH is 1. The molecule has 15 nitrogen and oxygen atoms in total. The standard InChI is InChI=1S/C20H28O7S.C19H26O8S/c1-7-14(3)20(12-24-28(21,22)15-10-8-13(2)9-11-15)17(23-6)16-18(27-20)26-19(4,5)25-16;1-6-14(20)19(11-24-28(21,22)13-9-7-12(2)8-10-13)16(23-5)15-17(27-19)26-18(3,4)25-15/h7-11,14,16-18H,1,12H2,2-6H3;6-10,14-17,20H,1,11H2,2-5H3/t14-,16+,17-,18-,20+;14-,15+,16-,17-,19+/m00/s1. The molecular weight excluding hydrogens is 773 g/mol. The minimum Gasteiger partial charge on any atom is -0.386 e. The Kier molecular flexibility index (Phi) is 13.2. The summed E-state index contributed by atoms with van der Waals surface area (Å²) in [5.41, 5.74) is -0.819. The predicted octanol–water partition coefficient (Wildman–Crippen LogP) is 4.29. The molecule has 4 heterocycles. The molecule has 0 amide bonds. The molecule has 0 bridgehead atoms. The Morgan fingerprint density at radius 3 is 1.41 bits per heavy atom. The van der Waals surface area contributed by atoms with Crippen molar-refractivity contribution >= 4 is 20.2 Å². The summed E-state index contributed by atoms with van der Waals surface area (Å²) in [5.74, 6) is -2.00. The highest BCUT2D eigenvalue weighted by Crippen LogP contribution is 2.48. The Hall–Kier alpha value is -2.62.